The topological polar surface area (TPSA) is 39.2 Å². The molecule has 0 radical (unpaired) electrons. The summed E-state index contributed by atoms with van der Waals surface area (Å²) >= 11 is 0. The number of aryl methyl sites for hydroxylation is 1. The molecule has 0 aliphatic heterocycles. The van der Waals surface area contributed by atoms with Gasteiger partial charge in [0.15, 0.2) is 0 Å². The molecule has 3 heteroatoms. The lowest BCUT2D eigenvalue weighted by Gasteiger charge is -2.31. The number of nitrogens with zero attached hydrogens (tertiary/aromatic N) is 1. The fraction of sp³-hybridized carbons (Fsp3) is 0.647. The molecule has 3 nitrogen and oxygen atoms in total. The number of carbonyl (C=O) groups is 1. The molecule has 0 saturated heterocycles. The van der Waals surface area contributed by atoms with Gasteiger partial charge in [-0.05, 0) is 49.1 Å². The maximum atomic E-state index is 12.2. The Bertz CT molecular complexity index is 518. The Morgan fingerprint density at radius 3 is 2.75 bits per heavy atom. The maximum Gasteiger partial charge on any atom is 0.339 e. The van der Waals surface area contributed by atoms with Gasteiger partial charge in [0.2, 0.25) is 0 Å². The monoisotopic (exact) mass is 275 g/mol. The lowest BCUT2D eigenvalue weighted by atomic mass is 9.75. The van der Waals surface area contributed by atoms with Gasteiger partial charge in [-0.3, -0.25) is 4.98 Å². The Morgan fingerprint density at radius 1 is 1.45 bits per heavy atom. The molecule has 1 heterocycles. The number of rotatable bonds is 3. The van der Waals surface area contributed by atoms with Crippen LogP contribution in [0.5, 0.6) is 0 Å². The number of esters is 1. The molecular formula is C17H25NO2. The van der Waals surface area contributed by atoms with E-state index in [4.69, 9.17) is 9.72 Å². The van der Waals surface area contributed by atoms with Crippen molar-refractivity contribution in [2.24, 2.45) is 5.41 Å². The van der Waals surface area contributed by atoms with Crippen LogP contribution in [-0.2, 0) is 17.6 Å². The van der Waals surface area contributed by atoms with E-state index in [0.717, 1.165) is 25.0 Å². The van der Waals surface area contributed by atoms with Gasteiger partial charge in [-0.25, -0.2) is 4.79 Å². The van der Waals surface area contributed by atoms with Crippen LogP contribution < -0.4 is 0 Å². The van der Waals surface area contributed by atoms with Crippen molar-refractivity contribution in [1.29, 1.82) is 0 Å². The Hall–Kier alpha value is -1.38. The van der Waals surface area contributed by atoms with Gasteiger partial charge in [0.25, 0.3) is 0 Å². The number of aromatic nitrogens is 1. The van der Waals surface area contributed by atoms with Crippen molar-refractivity contribution in [3.63, 3.8) is 0 Å². The third-order valence-corrected chi connectivity index (χ3v) is 3.97. The second-order valence-corrected chi connectivity index (χ2v) is 6.74. The first kappa shape index (κ1) is 15.0. The van der Waals surface area contributed by atoms with Gasteiger partial charge >= 0.3 is 5.97 Å². The number of fused-ring (bicyclic) bond motifs is 1. The minimum Gasteiger partial charge on any atom is -0.462 e. The number of hydrogen-bond acceptors (Lipinski definition) is 3. The van der Waals surface area contributed by atoms with Crippen molar-refractivity contribution in [3.8, 4) is 0 Å². The summed E-state index contributed by atoms with van der Waals surface area (Å²) in [5.41, 5.74) is 4.20. The molecule has 20 heavy (non-hydrogen) atoms. The average Bonchev–Trinajstić information content (AvgIpc) is 2.36. The molecule has 1 aromatic heterocycles. The van der Waals surface area contributed by atoms with Crippen molar-refractivity contribution in [2.45, 2.75) is 59.8 Å². The second-order valence-electron chi connectivity index (χ2n) is 6.74. The van der Waals surface area contributed by atoms with Crippen molar-refractivity contribution >= 4 is 5.97 Å². The van der Waals surface area contributed by atoms with Crippen molar-refractivity contribution in [1.82, 2.24) is 4.98 Å². The Kier molecular flexibility index (Phi) is 4.17. The third-order valence-electron chi connectivity index (χ3n) is 3.97. The summed E-state index contributed by atoms with van der Waals surface area (Å²) in [5.74, 6) is -0.00970. The van der Waals surface area contributed by atoms with E-state index in [1.54, 1.807) is 0 Å². The van der Waals surface area contributed by atoms with E-state index in [0.29, 0.717) is 17.6 Å². The van der Waals surface area contributed by atoms with Crippen molar-refractivity contribution in [2.75, 3.05) is 6.61 Å². The summed E-state index contributed by atoms with van der Waals surface area (Å²) in [6.07, 6.45) is 3.15. The fourth-order valence-corrected chi connectivity index (χ4v) is 2.85. The van der Waals surface area contributed by atoms with Gasteiger partial charge in [-0.1, -0.05) is 27.7 Å². The van der Waals surface area contributed by atoms with E-state index >= 15 is 0 Å². The third kappa shape index (κ3) is 3.02. The average molecular weight is 275 g/mol. The van der Waals surface area contributed by atoms with Gasteiger partial charge in [0.1, 0.15) is 0 Å². The van der Waals surface area contributed by atoms with E-state index in [2.05, 4.69) is 27.7 Å². The molecule has 0 amide bonds. The molecule has 0 unspecified atom stereocenters. The van der Waals surface area contributed by atoms with Crippen molar-refractivity contribution in [3.05, 3.63) is 28.6 Å². The summed E-state index contributed by atoms with van der Waals surface area (Å²) in [4.78, 5) is 16.9. The highest BCUT2D eigenvalue weighted by atomic mass is 16.5. The standard InChI is InChI=1S/C17H25NO2/c1-6-20-16(19)13-9-12-10-17(4,5)8-7-14(12)18-15(13)11(2)3/h9,11H,6-8,10H2,1-5H3. The summed E-state index contributed by atoms with van der Waals surface area (Å²) in [5, 5.41) is 0. The molecule has 0 N–H and O–H groups in total. The minimum atomic E-state index is -0.241. The van der Waals surface area contributed by atoms with Crippen LogP contribution >= 0.6 is 0 Å². The second kappa shape index (κ2) is 5.55. The molecule has 1 aliphatic rings. The lowest BCUT2D eigenvalue weighted by Crippen LogP contribution is -2.25. The highest BCUT2D eigenvalue weighted by Crippen LogP contribution is 2.35. The number of carbonyl (C=O) groups excluding carboxylic acids is 1. The van der Waals surface area contributed by atoms with Crippen LogP contribution in [0.25, 0.3) is 0 Å². The van der Waals surface area contributed by atoms with E-state index in [-0.39, 0.29) is 11.9 Å². The van der Waals surface area contributed by atoms with E-state index in [1.165, 1.54) is 11.3 Å². The van der Waals surface area contributed by atoms with E-state index in [9.17, 15) is 4.79 Å². The van der Waals surface area contributed by atoms with Crippen LogP contribution in [-0.4, -0.2) is 17.6 Å². The first-order chi connectivity index (χ1) is 9.34. The summed E-state index contributed by atoms with van der Waals surface area (Å²) in [6, 6.07) is 2.02. The normalized spacial score (nSPS) is 16.9. The molecule has 0 bridgehead atoms. The molecule has 2 rings (SSSR count). The van der Waals surface area contributed by atoms with Crippen LogP contribution in [0.1, 0.15) is 74.3 Å². The highest BCUT2D eigenvalue weighted by molar-refractivity contribution is 5.91. The predicted molar refractivity (Wildman–Crippen MR) is 80.1 cm³/mol. The number of hydrogen-bond donors (Lipinski definition) is 0. The quantitative estimate of drug-likeness (QED) is 0.785. The molecule has 1 aromatic rings. The first-order valence-electron chi connectivity index (χ1n) is 7.54. The first-order valence-corrected chi connectivity index (χ1v) is 7.54. The number of ether oxygens (including phenoxy) is 1. The minimum absolute atomic E-state index is 0.231. The fourth-order valence-electron chi connectivity index (χ4n) is 2.85. The molecule has 0 atom stereocenters. The molecule has 0 spiro atoms. The Balaban J connectivity index is 2.47. The molecule has 0 saturated carbocycles. The zero-order chi connectivity index (χ0) is 14.9. The van der Waals surface area contributed by atoms with Crippen LogP contribution in [0, 0.1) is 5.41 Å². The molecule has 110 valence electrons. The van der Waals surface area contributed by atoms with Gasteiger partial charge in [0, 0.05) is 5.69 Å². The SMILES string of the molecule is CCOC(=O)c1cc2c(nc1C(C)C)CCC(C)(C)C2. The van der Waals surface area contributed by atoms with Crippen molar-refractivity contribution < 1.29 is 9.53 Å². The Labute approximate surface area is 121 Å². The highest BCUT2D eigenvalue weighted by Gasteiger charge is 2.28. The summed E-state index contributed by atoms with van der Waals surface area (Å²) in [7, 11) is 0. The predicted octanol–water partition coefficient (Wildman–Crippen LogP) is 3.90. The maximum absolute atomic E-state index is 12.2. The largest absolute Gasteiger partial charge is 0.462 e. The summed E-state index contributed by atoms with van der Waals surface area (Å²) < 4.78 is 5.18. The van der Waals surface area contributed by atoms with Gasteiger partial charge in [-0.15, -0.1) is 0 Å². The van der Waals surface area contributed by atoms with Crippen LogP contribution in [0.2, 0.25) is 0 Å². The zero-order valence-electron chi connectivity index (χ0n) is 13.2. The van der Waals surface area contributed by atoms with E-state index < -0.39 is 0 Å². The van der Waals surface area contributed by atoms with Crippen LogP contribution in [0.4, 0.5) is 0 Å². The molecule has 0 fully saturated rings. The van der Waals surface area contributed by atoms with Crippen LogP contribution in [0.15, 0.2) is 6.07 Å². The zero-order valence-corrected chi connectivity index (χ0v) is 13.2. The smallest absolute Gasteiger partial charge is 0.339 e. The van der Waals surface area contributed by atoms with E-state index in [1.807, 2.05) is 13.0 Å². The lowest BCUT2D eigenvalue weighted by molar-refractivity contribution is 0.0523. The molecule has 1 aliphatic carbocycles. The van der Waals surface area contributed by atoms with Crippen LogP contribution in [0.3, 0.4) is 0 Å². The van der Waals surface area contributed by atoms with Gasteiger partial charge < -0.3 is 4.74 Å². The Morgan fingerprint density at radius 2 is 2.15 bits per heavy atom. The van der Waals surface area contributed by atoms with Gasteiger partial charge in [-0.2, -0.15) is 0 Å². The molecule has 0 aromatic carbocycles. The van der Waals surface area contributed by atoms with Gasteiger partial charge in [0.05, 0.1) is 17.9 Å². The summed E-state index contributed by atoms with van der Waals surface area (Å²) in [6.45, 7) is 10.9. The molecular weight excluding hydrogens is 250 g/mol. The number of pyridine rings is 1.